The molecule has 2 amide bonds. The lowest BCUT2D eigenvalue weighted by Gasteiger charge is -2.24. The summed E-state index contributed by atoms with van der Waals surface area (Å²) < 4.78 is 0. The van der Waals surface area contributed by atoms with E-state index < -0.39 is 0 Å². The largest absolute Gasteiger partial charge is 0.320 e. The van der Waals surface area contributed by atoms with Crippen LogP contribution in [0.5, 0.6) is 0 Å². The average Bonchev–Trinajstić information content (AvgIpc) is 2.69. The molecule has 3 aromatic rings. The molecule has 0 aliphatic carbocycles. The molecule has 0 saturated heterocycles. The van der Waals surface area contributed by atoms with Gasteiger partial charge in [-0.1, -0.05) is 54.6 Å². The average molecular weight is 357 g/mol. The van der Waals surface area contributed by atoms with E-state index in [0.29, 0.717) is 17.8 Å². The van der Waals surface area contributed by atoms with Crippen LogP contribution in [0.2, 0.25) is 0 Å². The number of nitrogens with one attached hydrogen (secondary N) is 1. The second kappa shape index (κ2) is 7.03. The van der Waals surface area contributed by atoms with Crippen molar-refractivity contribution in [3.05, 3.63) is 72.3 Å². The lowest BCUT2D eigenvalue weighted by atomic mass is 10.1. The predicted octanol–water partition coefficient (Wildman–Crippen LogP) is 4.27. The molecular formula is C22H19N3O2. The molecule has 1 aliphatic rings. The zero-order chi connectivity index (χ0) is 18.8. The van der Waals surface area contributed by atoms with Gasteiger partial charge in [0.25, 0.3) is 5.91 Å². The zero-order valence-electron chi connectivity index (χ0n) is 15.0. The van der Waals surface area contributed by atoms with Crippen molar-refractivity contribution in [2.45, 2.75) is 19.8 Å². The Morgan fingerprint density at radius 3 is 2.56 bits per heavy atom. The number of nitrogens with zero attached hydrogens (tertiary/aromatic N) is 2. The van der Waals surface area contributed by atoms with E-state index in [1.807, 2.05) is 73.7 Å². The van der Waals surface area contributed by atoms with Crippen LogP contribution in [0.25, 0.3) is 10.8 Å². The maximum atomic E-state index is 12.8. The molecule has 0 aromatic heterocycles. The maximum absolute atomic E-state index is 12.8. The quantitative estimate of drug-likeness (QED) is 0.761. The number of carbonyl (C=O) groups excluding carboxylic acids is 2. The fourth-order valence-electron chi connectivity index (χ4n) is 3.23. The molecule has 0 bridgehead atoms. The van der Waals surface area contributed by atoms with Crippen molar-refractivity contribution in [1.82, 2.24) is 0 Å². The van der Waals surface area contributed by atoms with Gasteiger partial charge in [-0.15, -0.1) is 0 Å². The summed E-state index contributed by atoms with van der Waals surface area (Å²) in [5.41, 5.74) is 2.73. The first kappa shape index (κ1) is 17.0. The number of para-hydroxylation sites is 1. The topological polar surface area (TPSA) is 61.8 Å². The third kappa shape index (κ3) is 3.31. The molecule has 1 N–H and O–H groups in total. The summed E-state index contributed by atoms with van der Waals surface area (Å²) in [7, 11) is 0. The number of rotatable bonds is 3. The van der Waals surface area contributed by atoms with Crippen molar-refractivity contribution in [2.75, 3.05) is 10.3 Å². The van der Waals surface area contributed by atoms with Gasteiger partial charge < -0.3 is 5.32 Å². The van der Waals surface area contributed by atoms with E-state index >= 15 is 0 Å². The Kier molecular flexibility index (Phi) is 4.42. The lowest BCUT2D eigenvalue weighted by molar-refractivity contribution is -0.118. The minimum Gasteiger partial charge on any atom is -0.320 e. The van der Waals surface area contributed by atoms with E-state index in [1.165, 1.54) is 5.01 Å². The maximum Gasteiger partial charge on any atom is 0.271 e. The number of hydrogen-bond acceptors (Lipinski definition) is 3. The van der Waals surface area contributed by atoms with Gasteiger partial charge in [-0.3, -0.25) is 9.59 Å². The second-order valence-electron chi connectivity index (χ2n) is 6.52. The molecule has 5 nitrogen and oxygen atoms in total. The first-order valence-electron chi connectivity index (χ1n) is 8.88. The minimum atomic E-state index is -0.280. The molecule has 0 atom stereocenters. The van der Waals surface area contributed by atoms with Crippen molar-refractivity contribution in [1.29, 1.82) is 0 Å². The van der Waals surface area contributed by atoms with Crippen LogP contribution in [-0.4, -0.2) is 17.5 Å². The van der Waals surface area contributed by atoms with E-state index in [1.54, 1.807) is 0 Å². The van der Waals surface area contributed by atoms with Crippen LogP contribution >= 0.6 is 0 Å². The highest BCUT2D eigenvalue weighted by Gasteiger charge is 2.26. The number of carbonyl (C=O) groups is 2. The summed E-state index contributed by atoms with van der Waals surface area (Å²) in [6, 6.07) is 21.2. The van der Waals surface area contributed by atoms with Crippen LogP contribution in [0.15, 0.2) is 71.8 Å². The van der Waals surface area contributed by atoms with E-state index in [9.17, 15) is 9.59 Å². The van der Waals surface area contributed by atoms with Crippen molar-refractivity contribution in [3.63, 3.8) is 0 Å². The van der Waals surface area contributed by atoms with Gasteiger partial charge in [0.1, 0.15) is 5.71 Å². The highest BCUT2D eigenvalue weighted by molar-refractivity contribution is 6.44. The Labute approximate surface area is 157 Å². The first-order valence-corrected chi connectivity index (χ1v) is 8.88. The number of amides is 2. The van der Waals surface area contributed by atoms with Crippen LogP contribution in [-0.2, 0) is 9.59 Å². The number of anilines is 2. The third-order valence-electron chi connectivity index (χ3n) is 4.68. The van der Waals surface area contributed by atoms with Crippen molar-refractivity contribution in [2.24, 2.45) is 5.10 Å². The molecule has 1 heterocycles. The summed E-state index contributed by atoms with van der Waals surface area (Å²) in [5, 5.41) is 10.7. The molecule has 0 fully saturated rings. The van der Waals surface area contributed by atoms with E-state index in [2.05, 4.69) is 10.4 Å². The Morgan fingerprint density at radius 1 is 0.963 bits per heavy atom. The van der Waals surface area contributed by atoms with Crippen LogP contribution in [0.1, 0.15) is 18.4 Å². The molecule has 3 aromatic carbocycles. The number of hydrazone groups is 1. The molecule has 0 unspecified atom stereocenters. The van der Waals surface area contributed by atoms with Gasteiger partial charge in [0, 0.05) is 23.9 Å². The SMILES string of the molecule is Cc1ccccc1N1N=C(C(=O)Nc2cccc3ccccc23)CCC1=O. The Balaban J connectivity index is 1.64. The van der Waals surface area contributed by atoms with Gasteiger partial charge in [-0.2, -0.15) is 5.10 Å². The van der Waals surface area contributed by atoms with Gasteiger partial charge in [0.2, 0.25) is 5.91 Å². The van der Waals surface area contributed by atoms with Crippen LogP contribution in [0.3, 0.4) is 0 Å². The summed E-state index contributed by atoms with van der Waals surface area (Å²) >= 11 is 0. The molecule has 27 heavy (non-hydrogen) atoms. The zero-order valence-corrected chi connectivity index (χ0v) is 15.0. The molecule has 5 heteroatoms. The monoisotopic (exact) mass is 357 g/mol. The smallest absolute Gasteiger partial charge is 0.271 e. The van der Waals surface area contributed by atoms with Crippen LogP contribution in [0, 0.1) is 6.92 Å². The molecule has 0 spiro atoms. The van der Waals surface area contributed by atoms with E-state index in [-0.39, 0.29) is 18.2 Å². The van der Waals surface area contributed by atoms with E-state index in [0.717, 1.165) is 22.0 Å². The van der Waals surface area contributed by atoms with Gasteiger partial charge in [-0.05, 0) is 30.0 Å². The van der Waals surface area contributed by atoms with Crippen molar-refractivity contribution < 1.29 is 9.59 Å². The Hall–Kier alpha value is -3.47. The number of benzene rings is 3. The number of hydrogen-bond donors (Lipinski definition) is 1. The normalized spacial score (nSPS) is 14.2. The summed E-state index contributed by atoms with van der Waals surface area (Å²) in [5.74, 6) is -0.386. The standard InChI is InChI=1S/C22H19N3O2/c1-15-7-2-5-12-20(15)25-21(26)14-13-19(24-25)22(27)23-18-11-6-9-16-8-3-4-10-17(16)18/h2-12H,13-14H2,1H3,(H,23,27). The molecule has 0 radical (unpaired) electrons. The van der Waals surface area contributed by atoms with Gasteiger partial charge in [0.15, 0.2) is 0 Å². The summed E-state index contributed by atoms with van der Waals surface area (Å²) in [6.45, 7) is 1.92. The van der Waals surface area contributed by atoms with Gasteiger partial charge >= 0.3 is 0 Å². The fourth-order valence-corrected chi connectivity index (χ4v) is 3.23. The summed E-state index contributed by atoms with van der Waals surface area (Å²) in [4.78, 5) is 25.1. The van der Waals surface area contributed by atoms with Gasteiger partial charge in [-0.25, -0.2) is 5.01 Å². The Morgan fingerprint density at radius 2 is 1.70 bits per heavy atom. The molecule has 1 aliphatic heterocycles. The molecule has 0 saturated carbocycles. The molecule has 4 rings (SSSR count). The first-order chi connectivity index (χ1) is 13.1. The van der Waals surface area contributed by atoms with Gasteiger partial charge in [0.05, 0.1) is 5.69 Å². The molecular weight excluding hydrogens is 338 g/mol. The van der Waals surface area contributed by atoms with Crippen LogP contribution < -0.4 is 10.3 Å². The summed E-state index contributed by atoms with van der Waals surface area (Å²) in [6.07, 6.45) is 0.591. The highest BCUT2D eigenvalue weighted by Crippen LogP contribution is 2.26. The molecule has 134 valence electrons. The fraction of sp³-hybridized carbons (Fsp3) is 0.136. The lowest BCUT2D eigenvalue weighted by Crippen LogP contribution is -2.36. The minimum absolute atomic E-state index is 0.106. The highest BCUT2D eigenvalue weighted by atomic mass is 16.2. The van der Waals surface area contributed by atoms with Crippen molar-refractivity contribution >= 4 is 39.7 Å². The predicted molar refractivity (Wildman–Crippen MR) is 108 cm³/mol. The second-order valence-corrected chi connectivity index (χ2v) is 6.52. The number of fused-ring (bicyclic) bond motifs is 1. The Bertz CT molecular complexity index is 1070. The van der Waals surface area contributed by atoms with E-state index in [4.69, 9.17) is 0 Å². The van der Waals surface area contributed by atoms with Crippen LogP contribution in [0.4, 0.5) is 11.4 Å². The van der Waals surface area contributed by atoms with Crippen molar-refractivity contribution in [3.8, 4) is 0 Å². The third-order valence-corrected chi connectivity index (χ3v) is 4.68. The number of aryl methyl sites for hydroxylation is 1.